The van der Waals surface area contributed by atoms with Crippen molar-refractivity contribution in [2.24, 2.45) is 0 Å². The molecule has 1 heterocycles. The number of ether oxygens (including phenoxy) is 1. The zero-order valence-electron chi connectivity index (χ0n) is 14.8. The predicted molar refractivity (Wildman–Crippen MR) is 98.4 cm³/mol. The molecule has 1 aromatic carbocycles. The van der Waals surface area contributed by atoms with Crippen molar-refractivity contribution >= 4 is 16.6 Å². The molecule has 0 spiro atoms. The molecule has 1 atom stereocenters. The number of hydrogen-bond donors (Lipinski definition) is 1. The first-order chi connectivity index (χ1) is 11.2. The summed E-state index contributed by atoms with van der Waals surface area (Å²) in [6.07, 6.45) is 4.23. The molecule has 23 heavy (non-hydrogen) atoms. The fraction of sp³-hybridized carbons (Fsp3) is 0.526. The monoisotopic (exact) mass is 315 g/mol. The van der Waals surface area contributed by atoms with Crippen molar-refractivity contribution in [3.05, 3.63) is 30.5 Å². The van der Waals surface area contributed by atoms with Crippen LogP contribution in [0.2, 0.25) is 0 Å². The third kappa shape index (κ3) is 4.83. The molecule has 0 aliphatic rings. The molecule has 0 fully saturated rings. The van der Waals surface area contributed by atoms with Crippen molar-refractivity contribution in [1.82, 2.24) is 9.88 Å². The van der Waals surface area contributed by atoms with Crippen LogP contribution in [0.25, 0.3) is 10.9 Å². The topological polar surface area (TPSA) is 37.4 Å². The number of aromatic nitrogens is 1. The van der Waals surface area contributed by atoms with Crippen LogP contribution in [0.15, 0.2) is 30.5 Å². The fourth-order valence-electron chi connectivity index (χ4n) is 2.88. The molecule has 0 aliphatic carbocycles. The van der Waals surface area contributed by atoms with E-state index in [2.05, 4.69) is 48.1 Å². The number of methoxy groups -OCH3 is 1. The summed E-state index contributed by atoms with van der Waals surface area (Å²) < 4.78 is 5.27. The van der Waals surface area contributed by atoms with Crippen LogP contribution < -0.4 is 10.1 Å². The Balaban J connectivity index is 1.98. The lowest BCUT2D eigenvalue weighted by molar-refractivity contribution is 0.295. The lowest BCUT2D eigenvalue weighted by atomic mass is 10.1. The molecule has 2 rings (SSSR count). The van der Waals surface area contributed by atoms with Crippen LogP contribution in [0, 0.1) is 0 Å². The van der Waals surface area contributed by atoms with Crippen molar-refractivity contribution in [1.29, 1.82) is 0 Å². The standard InChI is InChI=1S/C19H29N3O/c1-5-22(6-2)13-7-8-15(3)21-18-11-12-20-19-14-16(23-4)9-10-17(18)19/h9-12,14-15H,5-8,13H2,1-4H3,(H,20,21)/t15-/m1/s1. The highest BCUT2D eigenvalue weighted by Gasteiger charge is 2.08. The first kappa shape index (κ1) is 17.5. The van der Waals surface area contributed by atoms with E-state index in [0.717, 1.165) is 41.9 Å². The van der Waals surface area contributed by atoms with Gasteiger partial charge in [-0.25, -0.2) is 0 Å². The van der Waals surface area contributed by atoms with E-state index in [1.54, 1.807) is 7.11 Å². The van der Waals surface area contributed by atoms with Crippen molar-refractivity contribution in [2.75, 3.05) is 32.1 Å². The summed E-state index contributed by atoms with van der Waals surface area (Å²) in [7, 11) is 1.68. The van der Waals surface area contributed by atoms with Gasteiger partial charge < -0.3 is 15.0 Å². The van der Waals surface area contributed by atoms with Gasteiger partial charge in [-0.2, -0.15) is 0 Å². The minimum Gasteiger partial charge on any atom is -0.497 e. The molecule has 1 aromatic heterocycles. The Morgan fingerprint density at radius 3 is 2.70 bits per heavy atom. The van der Waals surface area contributed by atoms with Crippen LogP contribution in [-0.4, -0.2) is 42.7 Å². The van der Waals surface area contributed by atoms with Gasteiger partial charge in [0.05, 0.1) is 12.6 Å². The van der Waals surface area contributed by atoms with E-state index in [4.69, 9.17) is 4.74 Å². The zero-order valence-corrected chi connectivity index (χ0v) is 14.8. The molecule has 2 aromatic rings. The Hall–Kier alpha value is -1.81. The number of hydrogen-bond acceptors (Lipinski definition) is 4. The Labute approximate surface area is 139 Å². The van der Waals surface area contributed by atoms with Crippen LogP contribution >= 0.6 is 0 Å². The van der Waals surface area contributed by atoms with Gasteiger partial charge in [0.15, 0.2) is 0 Å². The quantitative estimate of drug-likeness (QED) is 0.754. The molecule has 0 bridgehead atoms. The van der Waals surface area contributed by atoms with Gasteiger partial charge in [-0.1, -0.05) is 13.8 Å². The number of benzene rings is 1. The third-order valence-electron chi connectivity index (χ3n) is 4.36. The molecule has 0 unspecified atom stereocenters. The van der Waals surface area contributed by atoms with E-state index in [9.17, 15) is 0 Å². The normalized spacial score (nSPS) is 12.6. The van der Waals surface area contributed by atoms with Crippen LogP contribution in [0.1, 0.15) is 33.6 Å². The zero-order chi connectivity index (χ0) is 16.7. The van der Waals surface area contributed by atoms with Gasteiger partial charge in [0, 0.05) is 29.4 Å². The summed E-state index contributed by atoms with van der Waals surface area (Å²) >= 11 is 0. The van der Waals surface area contributed by atoms with Crippen molar-refractivity contribution in [2.45, 2.75) is 39.7 Å². The predicted octanol–water partition coefficient (Wildman–Crippen LogP) is 4.17. The summed E-state index contributed by atoms with van der Waals surface area (Å²) in [6.45, 7) is 10.1. The van der Waals surface area contributed by atoms with E-state index in [0.29, 0.717) is 6.04 Å². The van der Waals surface area contributed by atoms with E-state index in [-0.39, 0.29) is 0 Å². The molecule has 0 saturated carbocycles. The summed E-state index contributed by atoms with van der Waals surface area (Å²) in [5.74, 6) is 0.842. The number of pyridine rings is 1. The van der Waals surface area contributed by atoms with Crippen LogP contribution in [-0.2, 0) is 0 Å². The Morgan fingerprint density at radius 1 is 1.22 bits per heavy atom. The first-order valence-corrected chi connectivity index (χ1v) is 8.59. The average Bonchev–Trinajstić information content (AvgIpc) is 2.58. The van der Waals surface area contributed by atoms with Crippen LogP contribution in [0.3, 0.4) is 0 Å². The largest absolute Gasteiger partial charge is 0.497 e. The number of rotatable bonds is 9. The molecule has 0 amide bonds. The minimum atomic E-state index is 0.443. The molecule has 0 aliphatic heterocycles. The van der Waals surface area contributed by atoms with E-state index < -0.39 is 0 Å². The summed E-state index contributed by atoms with van der Waals surface area (Å²) in [5.41, 5.74) is 2.11. The Bertz CT molecular complexity index is 611. The highest BCUT2D eigenvalue weighted by atomic mass is 16.5. The fourth-order valence-corrected chi connectivity index (χ4v) is 2.88. The SMILES string of the molecule is CCN(CC)CCC[C@@H](C)Nc1ccnc2cc(OC)ccc12. The van der Waals surface area contributed by atoms with Crippen molar-refractivity contribution in [3.63, 3.8) is 0 Å². The maximum atomic E-state index is 5.27. The minimum absolute atomic E-state index is 0.443. The first-order valence-electron chi connectivity index (χ1n) is 8.59. The summed E-state index contributed by atoms with van der Waals surface area (Å²) in [6, 6.07) is 8.53. The van der Waals surface area contributed by atoms with E-state index in [1.165, 1.54) is 13.0 Å². The second kappa shape index (κ2) is 8.73. The summed E-state index contributed by atoms with van der Waals surface area (Å²) in [5, 5.41) is 4.78. The lowest BCUT2D eigenvalue weighted by Crippen LogP contribution is -2.25. The molecule has 1 N–H and O–H groups in total. The Kier molecular flexibility index (Phi) is 6.66. The highest BCUT2D eigenvalue weighted by molar-refractivity contribution is 5.91. The van der Waals surface area contributed by atoms with Gasteiger partial charge in [-0.3, -0.25) is 4.98 Å². The molecule has 126 valence electrons. The van der Waals surface area contributed by atoms with Crippen LogP contribution in [0.5, 0.6) is 5.75 Å². The molecule has 0 saturated heterocycles. The number of fused-ring (bicyclic) bond motifs is 1. The summed E-state index contributed by atoms with van der Waals surface area (Å²) in [4.78, 5) is 6.91. The molecular formula is C19H29N3O. The second-order valence-electron chi connectivity index (χ2n) is 5.96. The van der Waals surface area contributed by atoms with Gasteiger partial charge in [-0.05, 0) is 57.6 Å². The third-order valence-corrected chi connectivity index (χ3v) is 4.36. The molecule has 4 heteroatoms. The van der Waals surface area contributed by atoms with Crippen LogP contribution in [0.4, 0.5) is 5.69 Å². The number of nitrogens with one attached hydrogen (secondary N) is 1. The smallest absolute Gasteiger partial charge is 0.121 e. The highest BCUT2D eigenvalue weighted by Crippen LogP contribution is 2.26. The lowest BCUT2D eigenvalue weighted by Gasteiger charge is -2.20. The van der Waals surface area contributed by atoms with Gasteiger partial charge in [0.2, 0.25) is 0 Å². The maximum absolute atomic E-state index is 5.27. The maximum Gasteiger partial charge on any atom is 0.121 e. The van der Waals surface area contributed by atoms with Crippen molar-refractivity contribution < 1.29 is 4.74 Å². The van der Waals surface area contributed by atoms with Crippen molar-refractivity contribution in [3.8, 4) is 5.75 Å². The van der Waals surface area contributed by atoms with Gasteiger partial charge >= 0.3 is 0 Å². The number of nitrogens with zero attached hydrogens (tertiary/aromatic N) is 2. The van der Waals surface area contributed by atoms with Gasteiger partial charge in [0.1, 0.15) is 5.75 Å². The van der Waals surface area contributed by atoms with E-state index >= 15 is 0 Å². The molecule has 0 radical (unpaired) electrons. The van der Waals surface area contributed by atoms with Gasteiger partial charge in [0.25, 0.3) is 0 Å². The number of anilines is 1. The Morgan fingerprint density at radius 2 is 2.00 bits per heavy atom. The second-order valence-corrected chi connectivity index (χ2v) is 5.96. The van der Waals surface area contributed by atoms with E-state index in [1.807, 2.05) is 18.3 Å². The molecule has 4 nitrogen and oxygen atoms in total. The van der Waals surface area contributed by atoms with Gasteiger partial charge in [-0.15, -0.1) is 0 Å². The molecular weight excluding hydrogens is 286 g/mol. The average molecular weight is 315 g/mol.